The summed E-state index contributed by atoms with van der Waals surface area (Å²) in [6, 6.07) is 13.3. The molecule has 0 radical (unpaired) electrons. The molecule has 16 heteroatoms. The van der Waals surface area contributed by atoms with Crippen LogP contribution in [0.15, 0.2) is 48.9 Å². The fraction of sp³-hybridized carbons (Fsp3) is 0.406. The summed E-state index contributed by atoms with van der Waals surface area (Å²) in [5, 5.41) is 22.9. The first-order valence-electron chi connectivity index (χ1n) is 15.7. The predicted molar refractivity (Wildman–Crippen MR) is 171 cm³/mol. The van der Waals surface area contributed by atoms with Gasteiger partial charge in [-0.3, -0.25) is 9.69 Å². The first kappa shape index (κ1) is 31.2. The zero-order valence-electron chi connectivity index (χ0n) is 26.3. The second-order valence-corrected chi connectivity index (χ2v) is 11.7. The van der Waals surface area contributed by atoms with Crippen LogP contribution in [0, 0.1) is 11.3 Å². The third kappa shape index (κ3) is 6.55. The van der Waals surface area contributed by atoms with Crippen LogP contribution in [-0.2, 0) is 4.74 Å². The molecule has 3 aromatic heterocycles. The second-order valence-electron chi connectivity index (χ2n) is 11.7. The van der Waals surface area contributed by atoms with E-state index in [2.05, 4.69) is 51.5 Å². The number of pyridine rings is 1. The van der Waals surface area contributed by atoms with Crippen LogP contribution in [0.4, 0.5) is 21.7 Å². The quantitative estimate of drug-likeness (QED) is 0.270. The highest BCUT2D eigenvalue weighted by atomic mass is 19.1. The molecule has 0 bridgehead atoms. The zero-order chi connectivity index (χ0) is 33.0. The van der Waals surface area contributed by atoms with E-state index in [1.54, 1.807) is 31.4 Å². The second kappa shape index (κ2) is 13.8. The molecule has 4 aromatic rings. The van der Waals surface area contributed by atoms with Crippen LogP contribution in [0.2, 0.25) is 0 Å². The van der Waals surface area contributed by atoms with Crippen molar-refractivity contribution >= 4 is 23.2 Å². The lowest BCUT2D eigenvalue weighted by atomic mass is 10.0. The van der Waals surface area contributed by atoms with E-state index >= 15 is 4.39 Å². The molecule has 248 valence electrons. The SMILES string of the molecule is COc1nc(Nc2cc(-c3ccc(O[C@H]4CCN(C(=O)c5cn[nH]n5)C[C@H]4F)c(C#N)c3)ncn2)ccc1N1CCN(C2COC2)CC1. The van der Waals surface area contributed by atoms with Crippen molar-refractivity contribution in [2.24, 2.45) is 0 Å². The number of aromatic nitrogens is 6. The Labute approximate surface area is 275 Å². The summed E-state index contributed by atoms with van der Waals surface area (Å²) in [7, 11) is 1.61. The summed E-state index contributed by atoms with van der Waals surface area (Å²) >= 11 is 0. The molecular weight excluding hydrogens is 621 g/mol. The average molecular weight is 656 g/mol. The smallest absolute Gasteiger partial charge is 0.276 e. The maximum atomic E-state index is 15.1. The molecule has 7 rings (SSSR count). The Morgan fingerprint density at radius 3 is 2.67 bits per heavy atom. The predicted octanol–water partition coefficient (Wildman–Crippen LogP) is 2.43. The minimum atomic E-state index is -1.45. The molecular formula is C32H34FN11O4. The topological polar surface area (TPSA) is 171 Å². The molecule has 0 aliphatic carbocycles. The number of nitrogens with one attached hydrogen (secondary N) is 2. The van der Waals surface area contributed by atoms with Crippen LogP contribution in [0.3, 0.4) is 0 Å². The van der Waals surface area contributed by atoms with Crippen molar-refractivity contribution in [1.29, 1.82) is 5.26 Å². The number of likely N-dealkylation sites (tertiary alicyclic amines) is 1. The minimum Gasteiger partial charge on any atom is -0.486 e. The third-order valence-corrected chi connectivity index (χ3v) is 8.83. The van der Waals surface area contributed by atoms with Crippen molar-refractivity contribution in [3.8, 4) is 29.0 Å². The van der Waals surface area contributed by atoms with Crippen LogP contribution in [0.25, 0.3) is 11.3 Å². The Kier molecular flexibility index (Phi) is 8.95. The standard InChI is InChI=1S/C32H34FN11O4/c1-46-31-26(43-10-8-42(9-11-43)22-17-47-18-22)3-5-29(39-31)38-30-13-24(35-19-36-30)20-2-4-27(21(12-20)14-34)48-28-6-7-44(16-23(28)33)32(45)25-15-37-41-40-25/h2-5,12-13,15,19,22-23,28H,6-11,16-18H2,1H3,(H,37,40,41)(H,35,36,38,39)/t23-,28+/m1/s1. The molecule has 3 aliphatic rings. The van der Waals surface area contributed by atoms with Crippen molar-refractivity contribution in [1.82, 2.24) is 40.2 Å². The van der Waals surface area contributed by atoms with Gasteiger partial charge in [0.05, 0.1) is 50.4 Å². The van der Waals surface area contributed by atoms with Gasteiger partial charge in [-0.2, -0.15) is 25.7 Å². The summed E-state index contributed by atoms with van der Waals surface area (Å²) in [5.74, 6) is 1.44. The van der Waals surface area contributed by atoms with Crippen molar-refractivity contribution in [2.75, 3.05) is 69.8 Å². The Hall–Kier alpha value is -5.40. The number of anilines is 3. The molecule has 0 spiro atoms. The summed E-state index contributed by atoms with van der Waals surface area (Å²) < 4.78 is 32.1. The lowest BCUT2D eigenvalue weighted by molar-refractivity contribution is -0.0660. The Morgan fingerprint density at radius 2 is 1.96 bits per heavy atom. The number of ether oxygens (including phenoxy) is 3. The van der Waals surface area contributed by atoms with E-state index in [0.29, 0.717) is 34.8 Å². The van der Waals surface area contributed by atoms with E-state index in [-0.39, 0.29) is 36.5 Å². The van der Waals surface area contributed by atoms with Crippen molar-refractivity contribution in [3.05, 3.63) is 60.2 Å². The summed E-state index contributed by atoms with van der Waals surface area (Å²) in [5.41, 5.74) is 2.52. The van der Waals surface area contributed by atoms with Crippen LogP contribution in [0.1, 0.15) is 22.5 Å². The summed E-state index contributed by atoms with van der Waals surface area (Å²) in [6.45, 7) is 5.44. The monoisotopic (exact) mass is 655 g/mol. The van der Waals surface area contributed by atoms with Gasteiger partial charge >= 0.3 is 0 Å². The van der Waals surface area contributed by atoms with E-state index < -0.39 is 18.2 Å². The van der Waals surface area contributed by atoms with Gasteiger partial charge < -0.3 is 29.3 Å². The molecule has 2 N–H and O–H groups in total. The van der Waals surface area contributed by atoms with E-state index in [4.69, 9.17) is 14.2 Å². The van der Waals surface area contributed by atoms with Crippen molar-refractivity contribution in [2.45, 2.75) is 24.7 Å². The molecule has 6 heterocycles. The summed E-state index contributed by atoms with van der Waals surface area (Å²) in [6.07, 6.45) is 0.716. The highest BCUT2D eigenvalue weighted by Crippen LogP contribution is 2.32. The number of aromatic amines is 1. The Bertz CT molecular complexity index is 1790. The zero-order valence-corrected chi connectivity index (χ0v) is 26.3. The number of piperidine rings is 1. The molecule has 1 aromatic carbocycles. The van der Waals surface area contributed by atoms with Gasteiger partial charge in [-0.25, -0.2) is 14.4 Å². The van der Waals surface area contributed by atoms with Gasteiger partial charge in [0, 0.05) is 50.8 Å². The largest absolute Gasteiger partial charge is 0.486 e. The number of amides is 1. The Morgan fingerprint density at radius 1 is 1.10 bits per heavy atom. The number of carbonyl (C=O) groups excluding carboxylic acids is 1. The van der Waals surface area contributed by atoms with Crippen LogP contribution in [0.5, 0.6) is 11.6 Å². The molecule has 1 amide bonds. The van der Waals surface area contributed by atoms with Crippen LogP contribution in [-0.4, -0.2) is 124 Å². The molecule has 0 saturated carbocycles. The summed E-state index contributed by atoms with van der Waals surface area (Å²) in [4.78, 5) is 32.1. The van der Waals surface area contributed by atoms with Gasteiger partial charge in [-0.15, -0.1) is 0 Å². The third-order valence-electron chi connectivity index (χ3n) is 8.83. The van der Waals surface area contributed by atoms with Gasteiger partial charge in [-0.1, -0.05) is 0 Å². The molecule has 48 heavy (non-hydrogen) atoms. The number of benzene rings is 1. The fourth-order valence-corrected chi connectivity index (χ4v) is 6.08. The van der Waals surface area contributed by atoms with Gasteiger partial charge in [0.25, 0.3) is 5.91 Å². The van der Waals surface area contributed by atoms with E-state index in [1.807, 2.05) is 12.1 Å². The average Bonchev–Trinajstić information content (AvgIpc) is 3.64. The minimum absolute atomic E-state index is 0.126. The van der Waals surface area contributed by atoms with Crippen LogP contribution >= 0.6 is 0 Å². The van der Waals surface area contributed by atoms with Gasteiger partial charge in [0.1, 0.15) is 41.6 Å². The van der Waals surface area contributed by atoms with Gasteiger partial charge in [0.2, 0.25) is 5.88 Å². The molecule has 15 nitrogen and oxygen atoms in total. The highest BCUT2D eigenvalue weighted by Gasteiger charge is 2.35. The molecule has 3 saturated heterocycles. The number of methoxy groups -OCH3 is 1. The first-order valence-corrected chi connectivity index (χ1v) is 15.7. The van der Waals surface area contributed by atoms with E-state index in [9.17, 15) is 10.1 Å². The maximum absolute atomic E-state index is 15.1. The first-order chi connectivity index (χ1) is 23.5. The number of alkyl halides is 1. The fourth-order valence-electron chi connectivity index (χ4n) is 6.08. The number of rotatable bonds is 9. The number of nitrogens with zero attached hydrogens (tertiary/aromatic N) is 9. The number of carbonyl (C=O) groups is 1. The highest BCUT2D eigenvalue weighted by molar-refractivity contribution is 5.92. The molecule has 3 aliphatic heterocycles. The number of hydrogen-bond donors (Lipinski definition) is 2. The van der Waals surface area contributed by atoms with Gasteiger partial charge in [-0.05, 0) is 30.3 Å². The van der Waals surface area contributed by atoms with E-state index in [1.165, 1.54) is 17.4 Å². The lowest BCUT2D eigenvalue weighted by Crippen LogP contribution is -2.56. The van der Waals surface area contributed by atoms with Crippen molar-refractivity contribution < 1.29 is 23.4 Å². The van der Waals surface area contributed by atoms with Crippen LogP contribution < -0.4 is 19.7 Å². The molecule has 3 fully saturated rings. The van der Waals surface area contributed by atoms with Gasteiger partial charge in [0.15, 0.2) is 11.9 Å². The number of halogens is 1. The van der Waals surface area contributed by atoms with Crippen molar-refractivity contribution in [3.63, 3.8) is 0 Å². The number of nitriles is 1. The number of H-pyrrole nitrogens is 1. The maximum Gasteiger partial charge on any atom is 0.276 e. The Balaban J connectivity index is 0.997. The normalized spacial score (nSPS) is 20.1. The lowest BCUT2D eigenvalue weighted by Gasteiger charge is -2.43. The number of piperazine rings is 1. The molecule has 2 atom stereocenters. The van der Waals surface area contributed by atoms with E-state index in [0.717, 1.165) is 45.1 Å². The molecule has 0 unspecified atom stereocenters. The number of hydrogen-bond acceptors (Lipinski definition) is 13.